The van der Waals surface area contributed by atoms with E-state index < -0.39 is 15.8 Å². The second kappa shape index (κ2) is 3.33. The highest BCUT2D eigenvalue weighted by Crippen LogP contribution is 2.16. The molecule has 0 spiro atoms. The molecule has 0 heterocycles. The van der Waals surface area contributed by atoms with Crippen molar-refractivity contribution in [2.24, 2.45) is 0 Å². The van der Waals surface area contributed by atoms with Crippen LogP contribution in [0.5, 0.6) is 0 Å². The summed E-state index contributed by atoms with van der Waals surface area (Å²) >= 11 is 0. The summed E-state index contributed by atoms with van der Waals surface area (Å²) in [6.45, 7) is 1.70. The molecule has 0 amide bonds. The van der Waals surface area contributed by atoms with E-state index in [0.29, 0.717) is 5.56 Å². The van der Waals surface area contributed by atoms with Crippen LogP contribution < -0.4 is 4.72 Å². The fourth-order valence-corrected chi connectivity index (χ4v) is 1.52. The number of halogens is 1. The quantitative estimate of drug-likeness (QED) is 0.791. The monoisotopic (exact) mass is 203 g/mol. The number of rotatable bonds is 2. The number of nitrogens with one attached hydrogen (secondary N) is 1. The summed E-state index contributed by atoms with van der Waals surface area (Å²) in [7, 11) is -3.33. The van der Waals surface area contributed by atoms with Crippen LogP contribution in [0.3, 0.4) is 0 Å². The van der Waals surface area contributed by atoms with Gasteiger partial charge in [-0.3, -0.25) is 4.72 Å². The third-order valence-electron chi connectivity index (χ3n) is 1.49. The zero-order valence-corrected chi connectivity index (χ0v) is 8.15. The van der Waals surface area contributed by atoms with Gasteiger partial charge >= 0.3 is 0 Å². The molecule has 0 saturated carbocycles. The van der Waals surface area contributed by atoms with Crippen LogP contribution in [-0.4, -0.2) is 14.7 Å². The number of hydrogen-bond acceptors (Lipinski definition) is 2. The molecule has 1 N–H and O–H groups in total. The number of hydrogen-bond donors (Lipinski definition) is 1. The highest BCUT2D eigenvalue weighted by Gasteiger charge is 2.05. The molecule has 13 heavy (non-hydrogen) atoms. The standard InChI is InChI=1S/C8H10FNO2S/c1-6-3-4-7(9)5-8(6)10-13(2,11)12/h3-5,10H,1-2H3. The van der Waals surface area contributed by atoms with Crippen LogP contribution in [0.4, 0.5) is 10.1 Å². The molecule has 0 aliphatic carbocycles. The molecular formula is C8H10FNO2S. The van der Waals surface area contributed by atoms with Gasteiger partial charge in [0.2, 0.25) is 10.0 Å². The SMILES string of the molecule is Cc1ccc(F)cc1NS(C)(=O)=O. The van der Waals surface area contributed by atoms with E-state index in [0.717, 1.165) is 12.3 Å². The van der Waals surface area contributed by atoms with E-state index >= 15 is 0 Å². The highest BCUT2D eigenvalue weighted by atomic mass is 32.2. The fraction of sp³-hybridized carbons (Fsp3) is 0.250. The minimum absolute atomic E-state index is 0.280. The van der Waals surface area contributed by atoms with Crippen molar-refractivity contribution < 1.29 is 12.8 Å². The molecule has 3 nitrogen and oxygen atoms in total. The zero-order chi connectivity index (χ0) is 10.1. The number of aryl methyl sites for hydroxylation is 1. The second-order valence-corrected chi connectivity index (χ2v) is 4.58. The predicted molar refractivity (Wildman–Crippen MR) is 49.6 cm³/mol. The Bertz CT molecular complexity index is 414. The molecule has 0 aliphatic rings. The van der Waals surface area contributed by atoms with E-state index in [2.05, 4.69) is 4.72 Å². The van der Waals surface area contributed by atoms with Gasteiger partial charge in [-0.25, -0.2) is 12.8 Å². The highest BCUT2D eigenvalue weighted by molar-refractivity contribution is 7.92. The first kappa shape index (κ1) is 9.98. The number of sulfonamides is 1. The summed E-state index contributed by atoms with van der Waals surface area (Å²) in [5, 5.41) is 0. The van der Waals surface area contributed by atoms with Gasteiger partial charge in [0.1, 0.15) is 5.82 Å². The minimum Gasteiger partial charge on any atom is -0.283 e. The molecule has 1 rings (SSSR count). The molecule has 1 aromatic carbocycles. The number of benzene rings is 1. The van der Waals surface area contributed by atoms with Crippen molar-refractivity contribution in [1.29, 1.82) is 0 Å². The normalized spacial score (nSPS) is 11.3. The molecule has 0 radical (unpaired) electrons. The summed E-state index contributed by atoms with van der Waals surface area (Å²) < 4.78 is 36.6. The molecule has 0 bridgehead atoms. The maximum Gasteiger partial charge on any atom is 0.229 e. The Morgan fingerprint density at radius 1 is 1.38 bits per heavy atom. The van der Waals surface area contributed by atoms with Gasteiger partial charge in [0.05, 0.1) is 11.9 Å². The molecule has 0 aliphatic heterocycles. The Morgan fingerprint density at radius 3 is 2.54 bits per heavy atom. The Kier molecular flexibility index (Phi) is 2.56. The third-order valence-corrected chi connectivity index (χ3v) is 2.09. The molecule has 0 unspecified atom stereocenters. The molecule has 0 fully saturated rings. The lowest BCUT2D eigenvalue weighted by Gasteiger charge is -2.06. The molecular weight excluding hydrogens is 193 g/mol. The lowest BCUT2D eigenvalue weighted by molar-refractivity contribution is 0.606. The van der Waals surface area contributed by atoms with Crippen molar-refractivity contribution in [2.75, 3.05) is 11.0 Å². The summed E-state index contributed by atoms with van der Waals surface area (Å²) in [5.41, 5.74) is 0.967. The fourth-order valence-electron chi connectivity index (χ4n) is 0.904. The maximum absolute atomic E-state index is 12.7. The first-order valence-electron chi connectivity index (χ1n) is 3.62. The largest absolute Gasteiger partial charge is 0.283 e. The van der Waals surface area contributed by atoms with Gasteiger partial charge in [-0.1, -0.05) is 6.07 Å². The van der Waals surface area contributed by atoms with Gasteiger partial charge in [0, 0.05) is 0 Å². The van der Waals surface area contributed by atoms with Crippen LogP contribution in [0.1, 0.15) is 5.56 Å². The first-order valence-corrected chi connectivity index (χ1v) is 5.51. The number of anilines is 1. The molecule has 0 aromatic heterocycles. The summed E-state index contributed by atoms with van der Waals surface area (Å²) in [4.78, 5) is 0. The summed E-state index contributed by atoms with van der Waals surface area (Å²) in [6, 6.07) is 3.95. The van der Waals surface area contributed by atoms with Gasteiger partial charge in [-0.15, -0.1) is 0 Å². The van der Waals surface area contributed by atoms with Crippen molar-refractivity contribution in [1.82, 2.24) is 0 Å². The van der Waals surface area contributed by atoms with Crippen LogP contribution in [0.2, 0.25) is 0 Å². The molecule has 0 saturated heterocycles. The van der Waals surface area contributed by atoms with Crippen LogP contribution in [0, 0.1) is 12.7 Å². The Labute approximate surface area is 76.6 Å². The van der Waals surface area contributed by atoms with Gasteiger partial charge in [0.15, 0.2) is 0 Å². The van der Waals surface area contributed by atoms with Crippen molar-refractivity contribution >= 4 is 15.7 Å². The van der Waals surface area contributed by atoms with Crippen LogP contribution >= 0.6 is 0 Å². The van der Waals surface area contributed by atoms with E-state index in [-0.39, 0.29) is 5.69 Å². The molecule has 1 aromatic rings. The minimum atomic E-state index is -3.33. The average molecular weight is 203 g/mol. The lowest BCUT2D eigenvalue weighted by atomic mass is 10.2. The summed E-state index contributed by atoms with van der Waals surface area (Å²) in [5.74, 6) is -0.461. The maximum atomic E-state index is 12.7. The Hall–Kier alpha value is -1.10. The van der Waals surface area contributed by atoms with Crippen molar-refractivity contribution in [3.63, 3.8) is 0 Å². The van der Waals surface area contributed by atoms with Crippen molar-refractivity contribution in [2.45, 2.75) is 6.92 Å². The van der Waals surface area contributed by atoms with E-state index in [4.69, 9.17) is 0 Å². The van der Waals surface area contributed by atoms with E-state index in [9.17, 15) is 12.8 Å². The molecule has 5 heteroatoms. The van der Waals surface area contributed by atoms with Gasteiger partial charge in [-0.2, -0.15) is 0 Å². The molecule has 0 atom stereocenters. The Morgan fingerprint density at radius 2 is 2.00 bits per heavy atom. The van der Waals surface area contributed by atoms with Gasteiger partial charge in [0.25, 0.3) is 0 Å². The first-order chi connectivity index (χ1) is 5.88. The predicted octanol–water partition coefficient (Wildman–Crippen LogP) is 1.51. The summed E-state index contributed by atoms with van der Waals surface area (Å²) in [6.07, 6.45) is 1.03. The third kappa shape index (κ3) is 3.02. The zero-order valence-electron chi connectivity index (χ0n) is 7.33. The topological polar surface area (TPSA) is 46.2 Å². The average Bonchev–Trinajstić information content (AvgIpc) is 1.94. The van der Waals surface area contributed by atoms with Crippen LogP contribution in [-0.2, 0) is 10.0 Å². The van der Waals surface area contributed by atoms with E-state index in [1.807, 2.05) is 0 Å². The smallest absolute Gasteiger partial charge is 0.229 e. The second-order valence-electron chi connectivity index (χ2n) is 2.83. The van der Waals surface area contributed by atoms with Crippen LogP contribution in [0.25, 0.3) is 0 Å². The lowest BCUT2D eigenvalue weighted by Crippen LogP contribution is -2.10. The van der Waals surface area contributed by atoms with Crippen LogP contribution in [0.15, 0.2) is 18.2 Å². The Balaban J connectivity index is 3.08. The molecule has 72 valence electrons. The van der Waals surface area contributed by atoms with Crippen molar-refractivity contribution in [3.05, 3.63) is 29.6 Å². The van der Waals surface area contributed by atoms with Crippen molar-refractivity contribution in [3.8, 4) is 0 Å². The van der Waals surface area contributed by atoms with E-state index in [1.54, 1.807) is 6.92 Å². The van der Waals surface area contributed by atoms with Gasteiger partial charge in [-0.05, 0) is 24.6 Å². The van der Waals surface area contributed by atoms with E-state index in [1.165, 1.54) is 12.1 Å². The van der Waals surface area contributed by atoms with Gasteiger partial charge < -0.3 is 0 Å².